The van der Waals surface area contributed by atoms with E-state index in [1.165, 1.54) is 6.33 Å². The van der Waals surface area contributed by atoms with Crippen molar-refractivity contribution in [3.8, 4) is 16.9 Å². The number of rotatable bonds is 7. The molecule has 0 radical (unpaired) electrons. The van der Waals surface area contributed by atoms with E-state index >= 15 is 0 Å². The lowest BCUT2D eigenvalue weighted by Crippen LogP contribution is -2.15. The van der Waals surface area contributed by atoms with Gasteiger partial charge in [0.05, 0.1) is 0 Å². The summed E-state index contributed by atoms with van der Waals surface area (Å²) in [7, 11) is 0. The Labute approximate surface area is 186 Å². The fourth-order valence-electron chi connectivity index (χ4n) is 3.46. The van der Waals surface area contributed by atoms with Crippen LogP contribution in [0.3, 0.4) is 0 Å². The predicted molar refractivity (Wildman–Crippen MR) is 123 cm³/mol. The highest BCUT2D eigenvalue weighted by atomic mass is 16.5. The summed E-state index contributed by atoms with van der Waals surface area (Å²) in [4.78, 5) is 33.8. The van der Waals surface area contributed by atoms with Crippen LogP contribution in [0.5, 0.6) is 5.75 Å². The van der Waals surface area contributed by atoms with Crippen LogP contribution in [-0.2, 0) is 0 Å². The molecule has 4 rings (SSSR count). The first-order valence-corrected chi connectivity index (χ1v) is 10.3. The number of ketones is 2. The van der Waals surface area contributed by atoms with E-state index in [0.29, 0.717) is 16.9 Å². The number of carbonyl (C=O) groups excluding carboxylic acids is 2. The van der Waals surface area contributed by atoms with E-state index in [1.807, 2.05) is 50.2 Å². The van der Waals surface area contributed by atoms with Gasteiger partial charge in [0.15, 0.2) is 0 Å². The number of hydrogen-bond donors (Lipinski definition) is 0. The maximum absolute atomic E-state index is 12.9. The highest BCUT2D eigenvalue weighted by Gasteiger charge is 2.20. The quantitative estimate of drug-likeness (QED) is 0.284. The van der Waals surface area contributed by atoms with Gasteiger partial charge in [-0.2, -0.15) is 0 Å². The second kappa shape index (κ2) is 9.35. The van der Waals surface area contributed by atoms with E-state index in [9.17, 15) is 9.59 Å². The number of nitrogens with zero attached hydrogens (tertiary/aromatic N) is 2. The molecule has 5 heteroatoms. The summed E-state index contributed by atoms with van der Waals surface area (Å²) in [5.41, 5.74) is 4.07. The van der Waals surface area contributed by atoms with Crippen molar-refractivity contribution >= 4 is 11.6 Å². The minimum atomic E-state index is -0.561. The van der Waals surface area contributed by atoms with Crippen molar-refractivity contribution in [2.45, 2.75) is 20.0 Å². The molecule has 0 saturated carbocycles. The van der Waals surface area contributed by atoms with E-state index in [4.69, 9.17) is 4.74 Å². The van der Waals surface area contributed by atoms with Gasteiger partial charge in [-0.15, -0.1) is 0 Å². The Hall–Kier alpha value is -4.12. The van der Waals surface area contributed by atoms with Crippen LogP contribution in [-0.4, -0.2) is 21.5 Å². The van der Waals surface area contributed by atoms with Gasteiger partial charge in [0.25, 0.3) is 0 Å². The molecular formula is C27H22N2O3. The summed E-state index contributed by atoms with van der Waals surface area (Å²) in [6.45, 7) is 3.84. The number of aromatic nitrogens is 2. The van der Waals surface area contributed by atoms with E-state index in [-0.39, 0.29) is 6.10 Å². The van der Waals surface area contributed by atoms with E-state index in [2.05, 4.69) is 9.97 Å². The zero-order valence-corrected chi connectivity index (χ0v) is 17.9. The third kappa shape index (κ3) is 4.62. The largest absolute Gasteiger partial charge is 0.486 e. The van der Waals surface area contributed by atoms with Crippen LogP contribution in [0.1, 0.15) is 44.9 Å². The number of ether oxygens (including phenoxy) is 1. The molecule has 1 atom stereocenters. The minimum Gasteiger partial charge on any atom is -0.486 e. The molecule has 4 aromatic rings. The van der Waals surface area contributed by atoms with Crippen molar-refractivity contribution in [1.82, 2.24) is 9.97 Å². The van der Waals surface area contributed by atoms with Crippen molar-refractivity contribution in [3.63, 3.8) is 0 Å². The first kappa shape index (κ1) is 21.1. The lowest BCUT2D eigenvalue weighted by molar-refractivity contribution is 0.0817. The molecule has 32 heavy (non-hydrogen) atoms. The van der Waals surface area contributed by atoms with E-state index < -0.39 is 11.6 Å². The third-order valence-electron chi connectivity index (χ3n) is 5.23. The third-order valence-corrected chi connectivity index (χ3v) is 5.23. The van der Waals surface area contributed by atoms with Crippen LogP contribution < -0.4 is 4.74 Å². The lowest BCUT2D eigenvalue weighted by Gasteiger charge is -2.17. The lowest BCUT2D eigenvalue weighted by atomic mass is 9.97. The molecule has 0 N–H and O–H groups in total. The summed E-state index contributed by atoms with van der Waals surface area (Å²) < 4.78 is 6.07. The van der Waals surface area contributed by atoms with Crippen molar-refractivity contribution in [1.29, 1.82) is 0 Å². The van der Waals surface area contributed by atoms with E-state index in [1.54, 1.807) is 48.8 Å². The second-order valence-electron chi connectivity index (χ2n) is 7.52. The fraction of sp³-hybridized carbons (Fsp3) is 0.111. The maximum atomic E-state index is 12.9. The number of benzene rings is 3. The molecule has 158 valence electrons. The van der Waals surface area contributed by atoms with Gasteiger partial charge in [0, 0.05) is 29.1 Å². The van der Waals surface area contributed by atoms with Crippen molar-refractivity contribution in [2.75, 3.05) is 0 Å². The summed E-state index contributed by atoms with van der Waals surface area (Å²) in [6, 6.07) is 21.9. The van der Waals surface area contributed by atoms with Gasteiger partial charge in [-0.1, -0.05) is 48.5 Å². The number of carbonyl (C=O) groups is 2. The van der Waals surface area contributed by atoms with Gasteiger partial charge >= 0.3 is 0 Å². The standard InChI is InChI=1S/C27H22N2O3/c1-18-13-23(11-12-25(18)32-19(2)20-7-4-3-5-8-20)27(31)26(30)22-10-6-9-21(14-22)24-15-28-17-29-16-24/h3-17,19H,1-2H3/t19-/m1/s1. The fourth-order valence-corrected chi connectivity index (χ4v) is 3.46. The molecule has 0 aliphatic carbocycles. The molecule has 1 heterocycles. The summed E-state index contributed by atoms with van der Waals surface area (Å²) >= 11 is 0. The SMILES string of the molecule is Cc1cc(C(=O)C(=O)c2cccc(-c3cncnc3)c2)ccc1O[C@H](C)c1ccccc1. The van der Waals surface area contributed by atoms with Gasteiger partial charge in [0.2, 0.25) is 11.6 Å². The van der Waals surface area contributed by atoms with Crippen molar-refractivity contribution < 1.29 is 14.3 Å². The zero-order chi connectivity index (χ0) is 22.5. The Balaban J connectivity index is 1.52. The molecule has 1 aromatic heterocycles. The molecule has 0 unspecified atom stereocenters. The molecular weight excluding hydrogens is 400 g/mol. The van der Waals surface area contributed by atoms with Crippen molar-refractivity contribution in [3.05, 3.63) is 114 Å². The average molecular weight is 422 g/mol. The van der Waals surface area contributed by atoms with Gasteiger partial charge in [0.1, 0.15) is 18.2 Å². The maximum Gasteiger partial charge on any atom is 0.233 e. The summed E-state index contributed by atoms with van der Waals surface area (Å²) in [5, 5.41) is 0. The predicted octanol–water partition coefficient (Wildman–Crippen LogP) is 5.66. The van der Waals surface area contributed by atoms with Crippen LogP contribution in [0.15, 0.2) is 91.5 Å². The summed E-state index contributed by atoms with van der Waals surface area (Å²) in [6.07, 6.45) is 4.63. The Morgan fingerprint density at radius 1 is 0.781 bits per heavy atom. The van der Waals surface area contributed by atoms with Gasteiger partial charge < -0.3 is 4.74 Å². The Morgan fingerprint density at radius 3 is 2.16 bits per heavy atom. The highest BCUT2D eigenvalue weighted by molar-refractivity contribution is 6.49. The monoisotopic (exact) mass is 422 g/mol. The topological polar surface area (TPSA) is 69.2 Å². The molecule has 0 aliphatic heterocycles. The molecule has 0 saturated heterocycles. The molecule has 0 bridgehead atoms. The van der Waals surface area contributed by atoms with Crippen molar-refractivity contribution in [2.24, 2.45) is 0 Å². The average Bonchev–Trinajstić information content (AvgIpc) is 2.85. The van der Waals surface area contributed by atoms with E-state index in [0.717, 1.165) is 22.3 Å². The Bertz CT molecular complexity index is 1250. The molecule has 0 spiro atoms. The number of Topliss-reactive ketones (excluding diaryl/α,β-unsaturated/α-hetero) is 2. The molecule has 5 nitrogen and oxygen atoms in total. The van der Waals surface area contributed by atoms with Crippen LogP contribution in [0.25, 0.3) is 11.1 Å². The normalized spacial score (nSPS) is 11.6. The van der Waals surface area contributed by atoms with Crippen LogP contribution >= 0.6 is 0 Å². The Kier molecular flexibility index (Phi) is 6.17. The van der Waals surface area contributed by atoms with Crippen LogP contribution in [0.2, 0.25) is 0 Å². The zero-order valence-electron chi connectivity index (χ0n) is 17.9. The molecule has 0 aliphatic rings. The number of hydrogen-bond acceptors (Lipinski definition) is 5. The molecule has 0 fully saturated rings. The van der Waals surface area contributed by atoms with Gasteiger partial charge in [-0.3, -0.25) is 9.59 Å². The second-order valence-corrected chi connectivity index (χ2v) is 7.52. The van der Waals surface area contributed by atoms with Gasteiger partial charge in [-0.25, -0.2) is 9.97 Å². The first-order valence-electron chi connectivity index (χ1n) is 10.3. The Morgan fingerprint density at radius 2 is 1.47 bits per heavy atom. The van der Waals surface area contributed by atoms with Gasteiger partial charge in [-0.05, 0) is 54.8 Å². The first-order chi connectivity index (χ1) is 15.5. The highest BCUT2D eigenvalue weighted by Crippen LogP contribution is 2.26. The van der Waals surface area contributed by atoms with Crippen LogP contribution in [0, 0.1) is 6.92 Å². The molecule has 0 amide bonds. The molecule has 3 aromatic carbocycles. The van der Waals surface area contributed by atoms with Crippen LogP contribution in [0.4, 0.5) is 0 Å². The summed E-state index contributed by atoms with van der Waals surface area (Å²) in [5.74, 6) is -0.442. The smallest absolute Gasteiger partial charge is 0.233 e. The number of aryl methyl sites for hydroxylation is 1. The minimum absolute atomic E-state index is 0.136.